The molecule has 2 aromatic rings. The molecule has 0 atom stereocenters. The molecule has 4 nitrogen and oxygen atoms in total. The van der Waals surface area contributed by atoms with Crippen molar-refractivity contribution in [2.75, 3.05) is 0 Å². The molecule has 1 aromatic heterocycles. The summed E-state index contributed by atoms with van der Waals surface area (Å²) in [5.41, 5.74) is 0.362. The Hall–Kier alpha value is -1.62. The standard InChI is InChI=1S/C14H14BrNO3/c1-2-3-6-10-12(17)16-13(19-14(10)18)9-7-4-5-8-11(9)15/h4-5,7-8,17H,2-3,6H2,1H3. The van der Waals surface area contributed by atoms with Crippen LogP contribution in [0.25, 0.3) is 11.5 Å². The molecule has 1 N–H and O–H groups in total. The minimum Gasteiger partial charge on any atom is -0.493 e. The zero-order valence-corrected chi connectivity index (χ0v) is 12.1. The third kappa shape index (κ3) is 3.04. The summed E-state index contributed by atoms with van der Waals surface area (Å²) in [5.74, 6) is -0.120. The Bertz CT molecular complexity index is 637. The van der Waals surface area contributed by atoms with Gasteiger partial charge in [0.2, 0.25) is 11.8 Å². The highest BCUT2D eigenvalue weighted by Gasteiger charge is 2.15. The first kappa shape index (κ1) is 13.8. The van der Waals surface area contributed by atoms with Crippen LogP contribution in [0.5, 0.6) is 5.88 Å². The molecule has 0 fully saturated rings. The summed E-state index contributed by atoms with van der Waals surface area (Å²) in [6.07, 6.45) is 2.23. The van der Waals surface area contributed by atoms with Crippen molar-refractivity contribution in [1.82, 2.24) is 4.98 Å². The topological polar surface area (TPSA) is 63.3 Å². The van der Waals surface area contributed by atoms with E-state index in [1.54, 1.807) is 6.07 Å². The number of aromatic hydroxyl groups is 1. The number of unbranched alkanes of at least 4 members (excludes halogenated alkanes) is 1. The Morgan fingerprint density at radius 1 is 1.37 bits per heavy atom. The van der Waals surface area contributed by atoms with Crippen LogP contribution in [-0.2, 0) is 6.42 Å². The van der Waals surface area contributed by atoms with Gasteiger partial charge in [-0.2, -0.15) is 4.98 Å². The normalized spacial score (nSPS) is 10.6. The van der Waals surface area contributed by atoms with Gasteiger partial charge in [0.1, 0.15) is 0 Å². The molecule has 0 saturated carbocycles. The highest BCUT2D eigenvalue weighted by Crippen LogP contribution is 2.27. The SMILES string of the molecule is CCCCc1c(O)nc(-c2ccccc2Br)oc1=O. The minimum absolute atomic E-state index is 0.121. The molecule has 0 saturated heterocycles. The summed E-state index contributed by atoms with van der Waals surface area (Å²) in [4.78, 5) is 15.8. The second kappa shape index (κ2) is 6.02. The minimum atomic E-state index is -0.522. The van der Waals surface area contributed by atoms with Gasteiger partial charge >= 0.3 is 5.63 Å². The van der Waals surface area contributed by atoms with Gasteiger partial charge in [-0.15, -0.1) is 0 Å². The average Bonchev–Trinajstić information content (AvgIpc) is 2.38. The van der Waals surface area contributed by atoms with E-state index in [9.17, 15) is 9.90 Å². The highest BCUT2D eigenvalue weighted by molar-refractivity contribution is 9.10. The van der Waals surface area contributed by atoms with Crippen LogP contribution < -0.4 is 5.63 Å². The van der Waals surface area contributed by atoms with Crippen molar-refractivity contribution in [3.63, 3.8) is 0 Å². The summed E-state index contributed by atoms with van der Waals surface area (Å²) in [6.45, 7) is 2.02. The Kier molecular flexibility index (Phi) is 4.37. The molecule has 0 spiro atoms. The van der Waals surface area contributed by atoms with Gasteiger partial charge in [-0.25, -0.2) is 4.79 Å². The lowest BCUT2D eigenvalue weighted by Crippen LogP contribution is -2.10. The molecule has 2 rings (SSSR count). The van der Waals surface area contributed by atoms with Gasteiger partial charge in [-0.3, -0.25) is 0 Å². The van der Waals surface area contributed by atoms with Gasteiger partial charge in [-0.1, -0.05) is 25.5 Å². The van der Waals surface area contributed by atoms with Crippen LogP contribution in [0.1, 0.15) is 25.3 Å². The third-order valence-electron chi connectivity index (χ3n) is 2.80. The largest absolute Gasteiger partial charge is 0.493 e. The van der Waals surface area contributed by atoms with Gasteiger partial charge in [-0.05, 0) is 40.9 Å². The predicted octanol–water partition coefficient (Wildman–Crippen LogP) is 3.51. The number of rotatable bonds is 4. The lowest BCUT2D eigenvalue weighted by atomic mass is 10.1. The number of hydrogen-bond acceptors (Lipinski definition) is 4. The number of benzene rings is 1. The lowest BCUT2D eigenvalue weighted by molar-refractivity contribution is 0.408. The number of aromatic nitrogens is 1. The molecule has 0 bridgehead atoms. The number of nitrogens with zero attached hydrogens (tertiary/aromatic N) is 1. The van der Waals surface area contributed by atoms with E-state index >= 15 is 0 Å². The maximum absolute atomic E-state index is 11.9. The van der Waals surface area contributed by atoms with Crippen LogP contribution in [0.2, 0.25) is 0 Å². The van der Waals surface area contributed by atoms with Crippen molar-refractivity contribution < 1.29 is 9.52 Å². The molecule has 5 heteroatoms. The van der Waals surface area contributed by atoms with E-state index in [1.165, 1.54) is 0 Å². The molecule has 0 aliphatic carbocycles. The van der Waals surface area contributed by atoms with Gasteiger partial charge in [0, 0.05) is 4.47 Å². The fraction of sp³-hybridized carbons (Fsp3) is 0.286. The Morgan fingerprint density at radius 2 is 2.11 bits per heavy atom. The monoisotopic (exact) mass is 323 g/mol. The van der Waals surface area contributed by atoms with Crippen LogP contribution in [-0.4, -0.2) is 10.1 Å². The van der Waals surface area contributed by atoms with Gasteiger partial charge in [0.25, 0.3) is 0 Å². The summed E-state index contributed by atoms with van der Waals surface area (Å²) in [6, 6.07) is 7.24. The zero-order valence-electron chi connectivity index (χ0n) is 10.5. The van der Waals surface area contributed by atoms with E-state index in [0.29, 0.717) is 12.0 Å². The maximum atomic E-state index is 11.9. The van der Waals surface area contributed by atoms with Crippen molar-refractivity contribution in [3.05, 3.63) is 44.7 Å². The van der Waals surface area contributed by atoms with E-state index in [4.69, 9.17) is 4.42 Å². The van der Waals surface area contributed by atoms with E-state index in [1.807, 2.05) is 25.1 Å². The molecule has 1 aromatic carbocycles. The number of halogens is 1. The smallest absolute Gasteiger partial charge is 0.346 e. The summed E-state index contributed by atoms with van der Waals surface area (Å²) < 4.78 is 5.95. The van der Waals surface area contributed by atoms with E-state index in [-0.39, 0.29) is 17.3 Å². The highest BCUT2D eigenvalue weighted by atomic mass is 79.9. The molecule has 0 radical (unpaired) electrons. The molecule has 1 heterocycles. The maximum Gasteiger partial charge on any atom is 0.346 e. The summed E-state index contributed by atoms with van der Waals surface area (Å²) in [7, 11) is 0. The molecular weight excluding hydrogens is 310 g/mol. The van der Waals surface area contributed by atoms with Crippen LogP contribution in [0, 0.1) is 0 Å². The zero-order chi connectivity index (χ0) is 13.8. The molecule has 0 amide bonds. The fourth-order valence-corrected chi connectivity index (χ4v) is 2.20. The van der Waals surface area contributed by atoms with E-state index in [0.717, 1.165) is 17.3 Å². The lowest BCUT2D eigenvalue weighted by Gasteiger charge is -2.05. The molecule has 0 unspecified atom stereocenters. The first-order valence-corrected chi connectivity index (χ1v) is 6.90. The Balaban J connectivity index is 2.46. The Labute approximate surface area is 119 Å². The van der Waals surface area contributed by atoms with Gasteiger partial charge in [0.05, 0.1) is 11.1 Å². The van der Waals surface area contributed by atoms with Crippen LogP contribution in [0.15, 0.2) is 37.9 Å². The fourth-order valence-electron chi connectivity index (χ4n) is 1.74. The van der Waals surface area contributed by atoms with E-state index in [2.05, 4.69) is 20.9 Å². The molecule has 100 valence electrons. The van der Waals surface area contributed by atoms with Crippen LogP contribution in [0.3, 0.4) is 0 Å². The Morgan fingerprint density at radius 3 is 2.74 bits per heavy atom. The number of hydrogen-bond donors (Lipinski definition) is 1. The van der Waals surface area contributed by atoms with Gasteiger partial charge < -0.3 is 9.52 Å². The van der Waals surface area contributed by atoms with Crippen molar-refractivity contribution in [2.45, 2.75) is 26.2 Å². The van der Waals surface area contributed by atoms with Gasteiger partial charge in [0.15, 0.2) is 0 Å². The quantitative estimate of drug-likeness (QED) is 0.935. The van der Waals surface area contributed by atoms with E-state index < -0.39 is 5.63 Å². The summed E-state index contributed by atoms with van der Waals surface area (Å²) >= 11 is 3.36. The first-order valence-electron chi connectivity index (χ1n) is 6.11. The average molecular weight is 324 g/mol. The molecular formula is C14H14BrNO3. The molecule has 0 aliphatic rings. The molecule has 0 aliphatic heterocycles. The van der Waals surface area contributed by atoms with Crippen molar-refractivity contribution in [1.29, 1.82) is 0 Å². The van der Waals surface area contributed by atoms with Crippen molar-refractivity contribution >= 4 is 15.9 Å². The second-order valence-electron chi connectivity index (χ2n) is 4.19. The van der Waals surface area contributed by atoms with Crippen LogP contribution >= 0.6 is 15.9 Å². The summed E-state index contributed by atoms with van der Waals surface area (Å²) in [5, 5.41) is 9.86. The molecule has 19 heavy (non-hydrogen) atoms. The predicted molar refractivity (Wildman–Crippen MR) is 76.2 cm³/mol. The van der Waals surface area contributed by atoms with Crippen LogP contribution in [0.4, 0.5) is 0 Å². The van der Waals surface area contributed by atoms with Crippen molar-refractivity contribution in [2.24, 2.45) is 0 Å². The first-order chi connectivity index (χ1) is 9.13. The van der Waals surface area contributed by atoms with Crippen molar-refractivity contribution in [3.8, 4) is 17.3 Å². The third-order valence-corrected chi connectivity index (χ3v) is 3.49. The second-order valence-corrected chi connectivity index (χ2v) is 5.05.